The van der Waals surface area contributed by atoms with E-state index in [9.17, 15) is 0 Å². The van der Waals surface area contributed by atoms with E-state index in [1.807, 2.05) is 49.3 Å². The summed E-state index contributed by atoms with van der Waals surface area (Å²) in [7, 11) is 0. The zero-order valence-electron chi connectivity index (χ0n) is 16.6. The highest BCUT2D eigenvalue weighted by Crippen LogP contribution is 2.23. The van der Waals surface area contributed by atoms with Crippen LogP contribution in [0.2, 0.25) is 0 Å². The molecular weight excluding hydrogens is 406 g/mol. The van der Waals surface area contributed by atoms with Crippen LogP contribution in [0, 0.1) is 0 Å². The van der Waals surface area contributed by atoms with E-state index in [-0.39, 0.29) is 0 Å². The lowest BCUT2D eigenvalue weighted by Crippen LogP contribution is -2.03. The normalized spacial score (nSPS) is 11.9. The number of hydrogen-bond donors (Lipinski definition) is 6. The van der Waals surface area contributed by atoms with E-state index in [2.05, 4.69) is 55.2 Å². The van der Waals surface area contributed by atoms with E-state index in [1.165, 1.54) is 6.33 Å². The summed E-state index contributed by atoms with van der Waals surface area (Å²) in [5.74, 6) is 1.62. The Morgan fingerprint density at radius 2 is 1.47 bits per heavy atom. The molecule has 0 saturated carbocycles. The van der Waals surface area contributed by atoms with Gasteiger partial charge in [0, 0.05) is 59.1 Å². The molecule has 0 unspecified atom stereocenters. The molecule has 0 aliphatic rings. The molecule has 0 aliphatic heterocycles. The maximum absolute atomic E-state index is 4.60. The Kier molecular flexibility index (Phi) is 4.13. The summed E-state index contributed by atoms with van der Waals surface area (Å²) in [6.07, 6.45) is 16.2. The summed E-state index contributed by atoms with van der Waals surface area (Å²) in [4.78, 5) is 37.8. The fourth-order valence-electron chi connectivity index (χ4n) is 3.45. The SMILES string of the molecule is c1nc(Nc2ncc(-c3cc[nH]c3)[nH]2)c2c[nH]cc2/c(=N/c2ncc(-c3cc[nH]c3)[nH]2)n1. The maximum atomic E-state index is 4.60. The molecule has 32 heavy (non-hydrogen) atoms. The number of fused-ring (bicyclic) bond motifs is 1. The number of aromatic amines is 5. The van der Waals surface area contributed by atoms with Crippen LogP contribution in [0.15, 0.2) is 73.0 Å². The van der Waals surface area contributed by atoms with Gasteiger partial charge in [0.2, 0.25) is 11.9 Å². The summed E-state index contributed by atoms with van der Waals surface area (Å²) in [6.45, 7) is 0. The molecule has 11 nitrogen and oxygen atoms in total. The number of H-pyrrole nitrogens is 5. The van der Waals surface area contributed by atoms with Crippen LogP contribution in [0.3, 0.4) is 0 Å². The number of hydrogen-bond acceptors (Lipinski definition) is 6. The van der Waals surface area contributed by atoms with E-state index in [0.717, 1.165) is 33.3 Å². The summed E-state index contributed by atoms with van der Waals surface area (Å²) in [5, 5.41) is 4.84. The van der Waals surface area contributed by atoms with Gasteiger partial charge in [0.05, 0.1) is 23.8 Å². The van der Waals surface area contributed by atoms with E-state index >= 15 is 0 Å². The van der Waals surface area contributed by atoms with E-state index in [4.69, 9.17) is 0 Å². The van der Waals surface area contributed by atoms with Gasteiger partial charge in [-0.05, 0) is 12.1 Å². The highest BCUT2D eigenvalue weighted by Gasteiger charge is 2.09. The van der Waals surface area contributed by atoms with Gasteiger partial charge in [-0.1, -0.05) is 0 Å². The topological polar surface area (TPSA) is 155 Å². The van der Waals surface area contributed by atoms with E-state index in [1.54, 1.807) is 12.4 Å². The molecule has 6 rings (SSSR count). The van der Waals surface area contributed by atoms with Crippen molar-refractivity contribution in [1.82, 2.24) is 44.9 Å². The highest BCUT2D eigenvalue weighted by molar-refractivity contribution is 5.91. The van der Waals surface area contributed by atoms with Gasteiger partial charge in [-0.15, -0.1) is 0 Å². The van der Waals surface area contributed by atoms with Gasteiger partial charge in [-0.3, -0.25) is 0 Å². The number of imidazole rings is 2. The van der Waals surface area contributed by atoms with Crippen molar-refractivity contribution in [3.8, 4) is 22.5 Å². The number of aromatic nitrogens is 9. The highest BCUT2D eigenvalue weighted by atomic mass is 15.2. The van der Waals surface area contributed by atoms with Crippen LogP contribution in [-0.2, 0) is 0 Å². The number of rotatable bonds is 5. The molecule has 156 valence electrons. The first-order valence-electron chi connectivity index (χ1n) is 9.83. The Hall–Kier alpha value is -4.93. The van der Waals surface area contributed by atoms with Crippen molar-refractivity contribution in [2.45, 2.75) is 0 Å². The molecule has 0 aromatic carbocycles. The lowest BCUT2D eigenvalue weighted by Gasteiger charge is -2.00. The molecule has 6 heterocycles. The molecule has 0 fully saturated rings. The standard InChI is InChI=1S/C21H17N11/c1-3-22-5-12(1)16-9-25-20(29-16)31-18-14-7-24-8-15(14)19(28-11-27-18)32-21-26-10-17(30-21)13-2-4-23-6-13/h1-11,22-24H,(H3,25,26,27,28,29,30,31,32). The smallest absolute Gasteiger partial charge is 0.229 e. The zero-order chi connectivity index (χ0) is 21.3. The largest absolute Gasteiger partial charge is 0.367 e. The van der Waals surface area contributed by atoms with Crippen molar-refractivity contribution in [3.05, 3.63) is 73.5 Å². The lowest BCUT2D eigenvalue weighted by molar-refractivity contribution is 1.10. The lowest BCUT2D eigenvalue weighted by atomic mass is 10.3. The Morgan fingerprint density at radius 3 is 2.25 bits per heavy atom. The van der Waals surface area contributed by atoms with Crippen LogP contribution in [0.1, 0.15) is 0 Å². The van der Waals surface area contributed by atoms with Crippen LogP contribution in [0.4, 0.5) is 17.7 Å². The van der Waals surface area contributed by atoms with Gasteiger partial charge in [-0.2, -0.15) is 4.99 Å². The summed E-state index contributed by atoms with van der Waals surface area (Å²) in [5.41, 5.74) is 4.27. The fourth-order valence-corrected chi connectivity index (χ4v) is 3.45. The third kappa shape index (κ3) is 3.23. The maximum Gasteiger partial charge on any atom is 0.229 e. The minimum atomic E-state index is 0.457. The Bertz CT molecular complexity index is 1550. The van der Waals surface area contributed by atoms with Crippen LogP contribution >= 0.6 is 0 Å². The second-order valence-corrected chi connectivity index (χ2v) is 7.03. The molecular formula is C21H17N11. The molecule has 6 N–H and O–H groups in total. The molecule has 11 heteroatoms. The monoisotopic (exact) mass is 423 g/mol. The van der Waals surface area contributed by atoms with Crippen molar-refractivity contribution in [1.29, 1.82) is 0 Å². The number of nitrogens with one attached hydrogen (secondary N) is 6. The quantitative estimate of drug-likeness (QED) is 0.251. The third-order valence-corrected chi connectivity index (χ3v) is 5.01. The number of nitrogens with zero attached hydrogens (tertiary/aromatic N) is 5. The van der Waals surface area contributed by atoms with Crippen LogP contribution < -0.4 is 10.8 Å². The van der Waals surface area contributed by atoms with Crippen LogP contribution in [-0.4, -0.2) is 44.9 Å². The number of anilines is 2. The molecule has 6 aromatic rings. The fraction of sp³-hybridized carbons (Fsp3) is 0. The predicted octanol–water partition coefficient (Wildman–Crippen LogP) is 3.37. The molecule has 0 spiro atoms. The average Bonchev–Trinajstić information content (AvgIpc) is 3.60. The Morgan fingerprint density at radius 1 is 0.719 bits per heavy atom. The van der Waals surface area contributed by atoms with Gasteiger partial charge in [0.15, 0.2) is 5.49 Å². The van der Waals surface area contributed by atoms with Gasteiger partial charge < -0.3 is 30.2 Å². The van der Waals surface area contributed by atoms with E-state index in [0.29, 0.717) is 23.2 Å². The van der Waals surface area contributed by atoms with Crippen molar-refractivity contribution >= 4 is 28.5 Å². The molecule has 0 atom stereocenters. The average molecular weight is 423 g/mol. The van der Waals surface area contributed by atoms with Crippen molar-refractivity contribution in [2.75, 3.05) is 5.32 Å². The van der Waals surface area contributed by atoms with Crippen molar-refractivity contribution < 1.29 is 0 Å². The van der Waals surface area contributed by atoms with E-state index < -0.39 is 0 Å². The first-order valence-corrected chi connectivity index (χ1v) is 9.83. The zero-order valence-corrected chi connectivity index (χ0v) is 16.6. The van der Waals surface area contributed by atoms with Crippen molar-refractivity contribution in [3.63, 3.8) is 0 Å². The summed E-state index contributed by atoms with van der Waals surface area (Å²) >= 11 is 0. The van der Waals surface area contributed by atoms with Gasteiger partial charge >= 0.3 is 0 Å². The molecule has 0 saturated heterocycles. The van der Waals surface area contributed by atoms with Crippen LogP contribution in [0.25, 0.3) is 33.3 Å². The second-order valence-electron chi connectivity index (χ2n) is 7.03. The molecule has 0 bridgehead atoms. The van der Waals surface area contributed by atoms with Crippen molar-refractivity contribution in [2.24, 2.45) is 4.99 Å². The molecule has 6 aromatic heterocycles. The molecule has 0 aliphatic carbocycles. The predicted molar refractivity (Wildman–Crippen MR) is 119 cm³/mol. The second kappa shape index (κ2) is 7.40. The van der Waals surface area contributed by atoms with Gasteiger partial charge in [0.1, 0.15) is 12.1 Å². The molecule has 0 amide bonds. The first kappa shape index (κ1) is 17.9. The Labute approximate surface area is 180 Å². The summed E-state index contributed by atoms with van der Waals surface area (Å²) in [6, 6.07) is 3.93. The molecule has 0 radical (unpaired) electrons. The summed E-state index contributed by atoms with van der Waals surface area (Å²) < 4.78 is 0. The third-order valence-electron chi connectivity index (χ3n) is 5.01. The van der Waals surface area contributed by atoms with Crippen LogP contribution in [0.5, 0.6) is 0 Å². The Balaban J connectivity index is 1.37. The first-order chi connectivity index (χ1) is 15.8. The minimum absolute atomic E-state index is 0.457. The van der Waals surface area contributed by atoms with Gasteiger partial charge in [0.25, 0.3) is 0 Å². The van der Waals surface area contributed by atoms with Gasteiger partial charge in [-0.25, -0.2) is 19.9 Å². The minimum Gasteiger partial charge on any atom is -0.367 e.